The van der Waals surface area contributed by atoms with Gasteiger partial charge in [-0.2, -0.15) is 4.31 Å². The third-order valence-electron chi connectivity index (χ3n) is 9.02. The van der Waals surface area contributed by atoms with Crippen LogP contribution in [0.3, 0.4) is 0 Å². The lowest BCUT2D eigenvalue weighted by Gasteiger charge is -2.44. The van der Waals surface area contributed by atoms with E-state index in [0.717, 1.165) is 59.4 Å². The molecule has 1 saturated carbocycles. The number of rotatable bonds is 7. The average Bonchev–Trinajstić information content (AvgIpc) is 3.47. The van der Waals surface area contributed by atoms with Crippen LogP contribution in [0.4, 0.5) is 11.5 Å². The summed E-state index contributed by atoms with van der Waals surface area (Å²) >= 11 is 1.14. The number of anilines is 2. The number of hydrogen-bond donors (Lipinski definition) is 1. The predicted octanol–water partition coefficient (Wildman–Crippen LogP) is 5.03. The van der Waals surface area contributed by atoms with E-state index in [0.29, 0.717) is 31.3 Å². The van der Waals surface area contributed by atoms with Crippen LogP contribution in [-0.4, -0.2) is 79.6 Å². The summed E-state index contributed by atoms with van der Waals surface area (Å²) in [5.74, 6) is -0.783. The van der Waals surface area contributed by atoms with E-state index < -0.39 is 27.9 Å². The second kappa shape index (κ2) is 12.6. The molecule has 0 bridgehead atoms. The van der Waals surface area contributed by atoms with Gasteiger partial charge in [0.25, 0.3) is 0 Å². The smallest absolute Gasteiger partial charge is 0.348 e. The van der Waals surface area contributed by atoms with Gasteiger partial charge in [0.15, 0.2) is 0 Å². The highest BCUT2D eigenvalue weighted by Gasteiger charge is 2.44. The first-order chi connectivity index (χ1) is 21.1. The van der Waals surface area contributed by atoms with E-state index in [-0.39, 0.29) is 34.8 Å². The highest BCUT2D eigenvalue weighted by Crippen LogP contribution is 2.42. The van der Waals surface area contributed by atoms with E-state index in [9.17, 15) is 23.1 Å². The zero-order chi connectivity index (χ0) is 31.0. The minimum atomic E-state index is -4.04. The first kappa shape index (κ1) is 30.7. The van der Waals surface area contributed by atoms with Gasteiger partial charge in [-0.15, -0.1) is 11.3 Å². The molecule has 44 heavy (non-hydrogen) atoms. The van der Waals surface area contributed by atoms with Crippen molar-refractivity contribution in [1.29, 1.82) is 0 Å². The molecule has 1 amide bonds. The molecule has 234 valence electrons. The Hall–Kier alpha value is -3.32. The van der Waals surface area contributed by atoms with Gasteiger partial charge in [-0.1, -0.05) is 49.1 Å². The van der Waals surface area contributed by atoms with Crippen LogP contribution in [0.15, 0.2) is 53.6 Å². The van der Waals surface area contributed by atoms with Crippen LogP contribution in [0.5, 0.6) is 0 Å². The quantitative estimate of drug-likeness (QED) is 0.383. The van der Waals surface area contributed by atoms with Crippen LogP contribution < -0.4 is 9.80 Å². The summed E-state index contributed by atoms with van der Waals surface area (Å²) in [5.41, 5.74) is 2.32. The largest absolute Gasteiger partial charge is 0.477 e. The Bertz CT molecular complexity index is 1620. The fourth-order valence-corrected chi connectivity index (χ4v) is 8.97. The van der Waals surface area contributed by atoms with Gasteiger partial charge in [-0.3, -0.25) is 4.79 Å². The molecule has 2 saturated heterocycles. The number of pyridine rings is 1. The Balaban J connectivity index is 1.32. The van der Waals surface area contributed by atoms with Crippen molar-refractivity contribution in [2.75, 3.05) is 42.6 Å². The fraction of sp³-hybridized carbons (Fsp3) is 0.469. The fourth-order valence-electron chi connectivity index (χ4n) is 6.63. The zero-order valence-corrected chi connectivity index (χ0v) is 26.6. The second-order valence-electron chi connectivity index (χ2n) is 12.0. The normalized spacial score (nSPS) is 22.4. The first-order valence-corrected chi connectivity index (χ1v) is 17.5. The maximum Gasteiger partial charge on any atom is 0.348 e. The number of ether oxygens (including phenoxy) is 1. The third-order valence-corrected chi connectivity index (χ3v) is 12.0. The van der Waals surface area contributed by atoms with Crippen molar-refractivity contribution in [2.45, 2.75) is 62.9 Å². The van der Waals surface area contributed by atoms with Gasteiger partial charge in [-0.05, 0) is 56.4 Å². The number of thiophene rings is 1. The number of hydrogen-bond acceptors (Lipinski definition) is 8. The monoisotopic (exact) mass is 638 g/mol. The van der Waals surface area contributed by atoms with Gasteiger partial charge in [0, 0.05) is 24.2 Å². The lowest BCUT2D eigenvalue weighted by atomic mass is 9.82. The van der Waals surface area contributed by atoms with Crippen molar-refractivity contribution >= 4 is 44.7 Å². The van der Waals surface area contributed by atoms with Crippen LogP contribution in [0, 0.1) is 12.8 Å². The number of carbonyl (C=O) groups is 2. The number of benzene rings is 1. The van der Waals surface area contributed by atoms with Gasteiger partial charge in [0.1, 0.15) is 15.6 Å². The molecule has 1 aromatic carbocycles. The van der Waals surface area contributed by atoms with Crippen molar-refractivity contribution in [2.24, 2.45) is 5.92 Å². The molecule has 10 nitrogen and oxygen atoms in total. The van der Waals surface area contributed by atoms with Crippen LogP contribution in [-0.2, 0) is 19.6 Å². The Morgan fingerprint density at radius 2 is 1.84 bits per heavy atom. The molecule has 2 aromatic heterocycles. The molecule has 2 unspecified atom stereocenters. The molecule has 3 aliphatic rings. The lowest BCUT2D eigenvalue weighted by molar-refractivity contribution is -0.121. The number of aromatic carboxylic acids is 1. The third kappa shape index (κ3) is 6.00. The van der Waals surface area contributed by atoms with E-state index >= 15 is 0 Å². The number of carboxylic acid groups (broad SMARTS) is 1. The number of carbonyl (C=O) groups excluding carboxylic acids is 1. The van der Waals surface area contributed by atoms with Gasteiger partial charge in [-0.25, -0.2) is 18.2 Å². The molecular formula is C32H38N4O6S2. The number of aromatic nitrogens is 1. The van der Waals surface area contributed by atoms with Crippen LogP contribution in [0.1, 0.15) is 54.3 Å². The average molecular weight is 639 g/mol. The van der Waals surface area contributed by atoms with Crippen LogP contribution in [0.25, 0.3) is 10.4 Å². The number of nitrogens with zero attached hydrogens (tertiary/aromatic N) is 4. The number of amides is 1. The van der Waals surface area contributed by atoms with Crippen molar-refractivity contribution in [3.63, 3.8) is 0 Å². The van der Waals surface area contributed by atoms with Gasteiger partial charge < -0.3 is 19.6 Å². The predicted molar refractivity (Wildman–Crippen MR) is 170 cm³/mol. The zero-order valence-electron chi connectivity index (χ0n) is 25.0. The summed E-state index contributed by atoms with van der Waals surface area (Å²) in [6.45, 7) is 5.58. The Labute approximate surface area is 262 Å². The van der Waals surface area contributed by atoms with Crippen molar-refractivity contribution in [1.82, 2.24) is 9.29 Å². The summed E-state index contributed by atoms with van der Waals surface area (Å²) in [6, 6.07) is 12.5. The van der Waals surface area contributed by atoms with Gasteiger partial charge in [0.2, 0.25) is 15.9 Å². The molecule has 2 atom stereocenters. The number of sulfonamides is 1. The Morgan fingerprint density at radius 3 is 2.50 bits per heavy atom. The molecule has 3 fully saturated rings. The van der Waals surface area contributed by atoms with Crippen molar-refractivity contribution in [3.8, 4) is 10.4 Å². The molecule has 0 spiro atoms. The number of aryl methyl sites for hydroxylation is 1. The molecule has 3 aromatic rings. The molecule has 2 aliphatic heterocycles. The SMILES string of the molecule is Cc1ccc(-c2cc(N3C(=O)CN(S(=O)(=O)c4ccc(N5CCOCC5C)nc4)CC3C3CCCCC3)c(C(=O)O)s2)cc1. The summed E-state index contributed by atoms with van der Waals surface area (Å²) in [4.78, 5) is 35.5. The standard InChI is InChI=1S/C32H38N4O6S2/c1-21-8-10-24(11-9-21)28-16-26(31(43-28)32(38)39)36-27(23-6-4-3-5-7-23)18-34(19-30(36)37)44(40,41)25-12-13-29(33-17-25)35-14-15-42-20-22(35)2/h8-13,16-17,22-23,27H,3-7,14-15,18-20H2,1-2H3,(H,38,39). The molecule has 4 heterocycles. The molecule has 6 rings (SSSR count). The van der Waals surface area contributed by atoms with Crippen LogP contribution in [0.2, 0.25) is 0 Å². The maximum absolute atomic E-state index is 14.0. The number of piperazine rings is 1. The summed E-state index contributed by atoms with van der Waals surface area (Å²) in [5, 5.41) is 10.2. The van der Waals surface area contributed by atoms with Crippen molar-refractivity contribution < 1.29 is 27.9 Å². The maximum atomic E-state index is 14.0. The molecule has 1 N–H and O–H groups in total. The highest BCUT2D eigenvalue weighted by atomic mass is 32.2. The van der Waals surface area contributed by atoms with E-state index in [1.54, 1.807) is 23.1 Å². The van der Waals surface area contributed by atoms with Gasteiger partial charge in [0.05, 0.1) is 37.5 Å². The summed E-state index contributed by atoms with van der Waals surface area (Å²) < 4.78 is 34.6. The van der Waals surface area contributed by atoms with Crippen LogP contribution >= 0.6 is 11.3 Å². The Morgan fingerprint density at radius 1 is 1.09 bits per heavy atom. The summed E-state index contributed by atoms with van der Waals surface area (Å²) in [7, 11) is -4.04. The van der Waals surface area contributed by atoms with E-state index in [4.69, 9.17) is 4.74 Å². The second-order valence-corrected chi connectivity index (χ2v) is 15.0. The number of morpholine rings is 1. The number of carboxylic acids is 1. The lowest BCUT2D eigenvalue weighted by Crippen LogP contribution is -2.60. The molecule has 12 heteroatoms. The Kier molecular flexibility index (Phi) is 8.78. The topological polar surface area (TPSA) is 120 Å². The van der Waals surface area contributed by atoms with E-state index in [2.05, 4.69) is 9.88 Å². The first-order valence-electron chi connectivity index (χ1n) is 15.2. The highest BCUT2D eigenvalue weighted by molar-refractivity contribution is 7.89. The van der Waals surface area contributed by atoms with Gasteiger partial charge >= 0.3 is 5.97 Å². The summed E-state index contributed by atoms with van der Waals surface area (Å²) in [6.07, 6.45) is 6.15. The molecular weight excluding hydrogens is 601 g/mol. The molecule has 0 radical (unpaired) electrons. The van der Waals surface area contributed by atoms with E-state index in [1.165, 1.54) is 10.5 Å². The minimum Gasteiger partial charge on any atom is -0.477 e. The molecule has 1 aliphatic carbocycles. The van der Waals surface area contributed by atoms with E-state index in [1.807, 2.05) is 38.1 Å². The van der Waals surface area contributed by atoms with Crippen molar-refractivity contribution in [3.05, 3.63) is 59.1 Å². The minimum absolute atomic E-state index is 0.0363.